The zero-order valence-corrected chi connectivity index (χ0v) is 15.3. The molecular formula is C18H20Cl2N2O3. The fourth-order valence-corrected chi connectivity index (χ4v) is 2.48. The molecule has 0 aliphatic heterocycles. The third kappa shape index (κ3) is 6.21. The van der Waals surface area contributed by atoms with Gasteiger partial charge in [-0.1, -0.05) is 53.0 Å². The Kier molecular flexibility index (Phi) is 7.52. The van der Waals surface area contributed by atoms with Gasteiger partial charge < -0.3 is 20.5 Å². The number of benzene rings is 2. The van der Waals surface area contributed by atoms with Gasteiger partial charge >= 0.3 is 6.03 Å². The van der Waals surface area contributed by atoms with E-state index < -0.39 is 0 Å². The first kappa shape index (κ1) is 19.5. The Bertz CT molecular complexity index is 708. The van der Waals surface area contributed by atoms with Crippen LogP contribution in [-0.4, -0.2) is 30.9 Å². The highest BCUT2D eigenvalue weighted by molar-refractivity contribution is 6.42. The molecular weight excluding hydrogens is 363 g/mol. The first-order valence-electron chi connectivity index (χ1n) is 7.78. The van der Waals surface area contributed by atoms with Crippen LogP contribution in [0.4, 0.5) is 10.5 Å². The van der Waals surface area contributed by atoms with Crippen LogP contribution in [0, 0.1) is 6.92 Å². The molecule has 5 nitrogen and oxygen atoms in total. The van der Waals surface area contributed by atoms with Gasteiger partial charge in [-0.3, -0.25) is 0 Å². The molecule has 0 saturated heterocycles. The van der Waals surface area contributed by atoms with Crippen LogP contribution in [-0.2, 0) is 4.74 Å². The van der Waals surface area contributed by atoms with Gasteiger partial charge in [-0.05, 0) is 30.7 Å². The fraction of sp³-hybridized carbons (Fsp3) is 0.278. The van der Waals surface area contributed by atoms with Gasteiger partial charge in [-0.25, -0.2) is 4.79 Å². The molecule has 1 unspecified atom stereocenters. The molecule has 0 aliphatic rings. The van der Waals surface area contributed by atoms with Gasteiger partial charge in [-0.2, -0.15) is 0 Å². The topological polar surface area (TPSA) is 70.6 Å². The molecule has 2 aromatic carbocycles. The van der Waals surface area contributed by atoms with E-state index in [4.69, 9.17) is 33.0 Å². The van der Waals surface area contributed by atoms with E-state index >= 15 is 0 Å². The molecule has 0 heterocycles. The zero-order valence-electron chi connectivity index (χ0n) is 13.8. The van der Waals surface area contributed by atoms with Gasteiger partial charge in [0.1, 0.15) is 0 Å². The molecule has 0 aliphatic carbocycles. The Morgan fingerprint density at radius 3 is 2.52 bits per heavy atom. The van der Waals surface area contributed by atoms with Crippen LogP contribution in [0.1, 0.15) is 17.2 Å². The lowest BCUT2D eigenvalue weighted by molar-refractivity contribution is 0.0297. The first-order chi connectivity index (χ1) is 12.0. The number of aliphatic hydroxyl groups excluding tert-OH is 1. The molecule has 0 radical (unpaired) electrons. The van der Waals surface area contributed by atoms with E-state index in [1.165, 1.54) is 0 Å². The van der Waals surface area contributed by atoms with Gasteiger partial charge in [0.2, 0.25) is 0 Å². The quantitative estimate of drug-likeness (QED) is 0.672. The maximum atomic E-state index is 12.1. The van der Waals surface area contributed by atoms with Gasteiger partial charge in [0.15, 0.2) is 0 Å². The van der Waals surface area contributed by atoms with E-state index in [9.17, 15) is 4.79 Å². The van der Waals surface area contributed by atoms with Crippen molar-refractivity contribution in [2.45, 2.75) is 13.0 Å². The van der Waals surface area contributed by atoms with Crippen molar-refractivity contribution in [3.05, 3.63) is 63.6 Å². The second kappa shape index (κ2) is 9.63. The summed E-state index contributed by atoms with van der Waals surface area (Å²) in [7, 11) is 0. The minimum atomic E-state index is -0.386. The fourth-order valence-electron chi connectivity index (χ4n) is 2.18. The van der Waals surface area contributed by atoms with Crippen molar-refractivity contribution in [3.63, 3.8) is 0 Å². The number of ether oxygens (including phenoxy) is 1. The van der Waals surface area contributed by atoms with Crippen molar-refractivity contribution in [3.8, 4) is 0 Å². The Hall–Kier alpha value is -1.79. The van der Waals surface area contributed by atoms with Crippen molar-refractivity contribution in [2.24, 2.45) is 0 Å². The first-order valence-corrected chi connectivity index (χ1v) is 8.54. The van der Waals surface area contributed by atoms with E-state index in [2.05, 4.69) is 10.6 Å². The number of rotatable bonds is 7. The number of urea groups is 1. The average Bonchev–Trinajstić information content (AvgIpc) is 2.59. The maximum Gasteiger partial charge on any atom is 0.319 e. The number of halogens is 2. The smallest absolute Gasteiger partial charge is 0.319 e. The van der Waals surface area contributed by atoms with E-state index in [1.807, 2.05) is 31.2 Å². The van der Waals surface area contributed by atoms with Gasteiger partial charge in [0.05, 0.1) is 29.4 Å². The molecule has 2 aromatic rings. The number of carbonyl (C=O) groups excluding carboxylic acids is 1. The summed E-state index contributed by atoms with van der Waals surface area (Å²) < 4.78 is 5.62. The molecule has 0 aromatic heterocycles. The molecule has 2 rings (SSSR count). The minimum Gasteiger partial charge on any atom is -0.394 e. The third-order valence-corrected chi connectivity index (χ3v) is 4.22. The summed E-state index contributed by atoms with van der Waals surface area (Å²) in [5.41, 5.74) is 2.60. The van der Waals surface area contributed by atoms with E-state index in [1.54, 1.807) is 18.2 Å². The second-order valence-electron chi connectivity index (χ2n) is 5.46. The minimum absolute atomic E-state index is 0.0855. The Balaban J connectivity index is 1.95. The highest BCUT2D eigenvalue weighted by Crippen LogP contribution is 2.25. The number of amides is 2. The number of hydrogen-bond acceptors (Lipinski definition) is 3. The molecule has 1 atom stereocenters. The zero-order chi connectivity index (χ0) is 18.2. The van der Waals surface area contributed by atoms with Crippen LogP contribution in [0.5, 0.6) is 0 Å². The third-order valence-electron chi connectivity index (χ3n) is 3.48. The molecule has 0 fully saturated rings. The molecule has 2 amide bonds. The highest BCUT2D eigenvalue weighted by atomic mass is 35.5. The normalized spacial score (nSPS) is 11.8. The molecule has 0 bridgehead atoms. The second-order valence-corrected chi connectivity index (χ2v) is 6.27. The molecule has 25 heavy (non-hydrogen) atoms. The van der Waals surface area contributed by atoms with Crippen LogP contribution in [0.15, 0.2) is 42.5 Å². The van der Waals surface area contributed by atoms with Gasteiger partial charge in [0.25, 0.3) is 0 Å². The van der Waals surface area contributed by atoms with E-state index in [0.29, 0.717) is 15.7 Å². The van der Waals surface area contributed by atoms with Crippen LogP contribution in [0.25, 0.3) is 0 Å². The number of aryl methyl sites for hydroxylation is 1. The summed E-state index contributed by atoms with van der Waals surface area (Å²) in [6.07, 6.45) is -0.354. The predicted octanol–water partition coefficient (Wildman–Crippen LogP) is 4.17. The molecule has 7 heteroatoms. The van der Waals surface area contributed by atoms with E-state index in [0.717, 1.165) is 11.1 Å². The van der Waals surface area contributed by atoms with Crippen molar-refractivity contribution in [2.75, 3.05) is 25.1 Å². The largest absolute Gasteiger partial charge is 0.394 e. The predicted molar refractivity (Wildman–Crippen MR) is 100 cm³/mol. The van der Waals surface area contributed by atoms with Crippen molar-refractivity contribution in [1.29, 1.82) is 0 Å². The van der Waals surface area contributed by atoms with Crippen LogP contribution >= 0.6 is 23.2 Å². The summed E-state index contributed by atoms with van der Waals surface area (Å²) in [5.74, 6) is 0. The van der Waals surface area contributed by atoms with Crippen molar-refractivity contribution in [1.82, 2.24) is 5.32 Å². The summed E-state index contributed by atoms with van der Waals surface area (Å²) in [4.78, 5) is 12.1. The van der Waals surface area contributed by atoms with Crippen LogP contribution < -0.4 is 10.6 Å². The number of hydrogen-bond donors (Lipinski definition) is 3. The standard InChI is InChI=1S/C18H20Cl2N2O3/c1-12-2-4-13(5-3-12)17(25-9-8-23)11-21-18(24)22-14-6-7-15(19)16(20)10-14/h2-7,10,17,23H,8-9,11H2,1H3,(H2,21,22,24). The monoisotopic (exact) mass is 382 g/mol. The summed E-state index contributed by atoms with van der Waals surface area (Å²) in [6.45, 7) is 2.36. The Morgan fingerprint density at radius 2 is 1.88 bits per heavy atom. The summed E-state index contributed by atoms with van der Waals surface area (Å²) >= 11 is 11.8. The van der Waals surface area contributed by atoms with E-state index in [-0.39, 0.29) is 31.9 Å². The maximum absolute atomic E-state index is 12.1. The molecule has 0 spiro atoms. The lowest BCUT2D eigenvalue weighted by atomic mass is 10.1. The summed E-state index contributed by atoms with van der Waals surface area (Å²) in [6, 6.07) is 12.3. The number of carbonyl (C=O) groups is 1. The van der Waals surface area contributed by atoms with Crippen LogP contribution in [0.2, 0.25) is 10.0 Å². The lowest BCUT2D eigenvalue weighted by Crippen LogP contribution is -2.33. The number of anilines is 1. The number of nitrogens with one attached hydrogen (secondary N) is 2. The lowest BCUT2D eigenvalue weighted by Gasteiger charge is -2.19. The van der Waals surface area contributed by atoms with Gasteiger partial charge in [0, 0.05) is 12.2 Å². The average molecular weight is 383 g/mol. The van der Waals surface area contributed by atoms with Crippen molar-refractivity contribution < 1.29 is 14.6 Å². The molecule has 134 valence electrons. The SMILES string of the molecule is Cc1ccc(C(CNC(=O)Nc2ccc(Cl)c(Cl)c2)OCCO)cc1. The Morgan fingerprint density at radius 1 is 1.16 bits per heavy atom. The highest BCUT2D eigenvalue weighted by Gasteiger charge is 2.14. The molecule has 0 saturated carbocycles. The van der Waals surface area contributed by atoms with Crippen LogP contribution in [0.3, 0.4) is 0 Å². The Labute approximate surface area is 156 Å². The molecule has 3 N–H and O–H groups in total. The van der Waals surface area contributed by atoms with Gasteiger partial charge in [-0.15, -0.1) is 0 Å². The number of aliphatic hydroxyl groups is 1. The summed E-state index contributed by atoms with van der Waals surface area (Å²) in [5, 5.41) is 15.2. The van der Waals surface area contributed by atoms with Crippen molar-refractivity contribution >= 4 is 34.9 Å².